The van der Waals surface area contributed by atoms with Crippen molar-refractivity contribution < 1.29 is 23.9 Å². The Bertz CT molecular complexity index is 456. The summed E-state index contributed by atoms with van der Waals surface area (Å²) >= 11 is 0. The van der Waals surface area contributed by atoms with Crippen LogP contribution in [0.15, 0.2) is 0 Å². The SMILES string of the molecule is COC(=O)CN[C@H]1CCN([C@H](C(=O)OC(C)(C)C)C(C)C)C1=O. The van der Waals surface area contributed by atoms with Crippen LogP contribution in [0.4, 0.5) is 0 Å². The molecule has 23 heavy (non-hydrogen) atoms. The second kappa shape index (κ2) is 7.77. The summed E-state index contributed by atoms with van der Waals surface area (Å²) in [6.45, 7) is 9.60. The van der Waals surface area contributed by atoms with E-state index in [0.717, 1.165) is 0 Å². The van der Waals surface area contributed by atoms with Crippen LogP contribution >= 0.6 is 0 Å². The third kappa shape index (κ3) is 5.49. The zero-order valence-corrected chi connectivity index (χ0v) is 14.8. The molecule has 1 saturated heterocycles. The van der Waals surface area contributed by atoms with E-state index in [4.69, 9.17) is 4.74 Å². The maximum absolute atomic E-state index is 12.5. The number of likely N-dealkylation sites (tertiary alicyclic amines) is 1. The lowest BCUT2D eigenvalue weighted by Crippen LogP contribution is -2.50. The Balaban J connectivity index is 2.76. The fourth-order valence-corrected chi connectivity index (χ4v) is 2.57. The summed E-state index contributed by atoms with van der Waals surface area (Å²) in [6, 6.07) is -1.09. The predicted octanol–water partition coefficient (Wildman–Crippen LogP) is 0.716. The van der Waals surface area contributed by atoms with Crippen molar-refractivity contribution >= 4 is 17.8 Å². The quantitative estimate of drug-likeness (QED) is 0.723. The topological polar surface area (TPSA) is 84.9 Å². The number of hydrogen-bond acceptors (Lipinski definition) is 6. The highest BCUT2D eigenvalue weighted by Gasteiger charge is 2.41. The first kappa shape index (κ1) is 19.4. The van der Waals surface area contributed by atoms with Crippen LogP contribution in [-0.4, -0.2) is 60.6 Å². The van der Waals surface area contributed by atoms with E-state index in [1.165, 1.54) is 7.11 Å². The van der Waals surface area contributed by atoms with Crippen LogP contribution in [0.25, 0.3) is 0 Å². The fraction of sp³-hybridized carbons (Fsp3) is 0.812. The maximum atomic E-state index is 12.5. The van der Waals surface area contributed by atoms with Gasteiger partial charge in [0.1, 0.15) is 11.6 Å². The van der Waals surface area contributed by atoms with Gasteiger partial charge in [-0.3, -0.25) is 14.9 Å². The Hall–Kier alpha value is -1.63. The van der Waals surface area contributed by atoms with Crippen LogP contribution in [0.3, 0.4) is 0 Å². The molecule has 1 aliphatic rings. The minimum Gasteiger partial charge on any atom is -0.468 e. The van der Waals surface area contributed by atoms with E-state index < -0.39 is 29.6 Å². The molecule has 1 aliphatic heterocycles. The first-order chi connectivity index (χ1) is 10.6. The second-order valence-electron chi connectivity index (χ2n) is 7.05. The third-order valence-corrected chi connectivity index (χ3v) is 3.58. The summed E-state index contributed by atoms with van der Waals surface area (Å²) in [5, 5.41) is 2.88. The summed E-state index contributed by atoms with van der Waals surface area (Å²) in [7, 11) is 1.30. The second-order valence-corrected chi connectivity index (χ2v) is 7.05. The molecular formula is C16H28N2O5. The van der Waals surface area contributed by atoms with Crippen LogP contribution in [0.1, 0.15) is 41.0 Å². The number of carbonyl (C=O) groups is 3. The molecule has 7 heteroatoms. The highest BCUT2D eigenvalue weighted by atomic mass is 16.6. The van der Waals surface area contributed by atoms with Crippen molar-refractivity contribution in [3.63, 3.8) is 0 Å². The van der Waals surface area contributed by atoms with Crippen molar-refractivity contribution in [2.75, 3.05) is 20.2 Å². The molecular weight excluding hydrogens is 300 g/mol. The van der Waals surface area contributed by atoms with Gasteiger partial charge in [-0.25, -0.2) is 4.79 Å². The van der Waals surface area contributed by atoms with Gasteiger partial charge < -0.3 is 14.4 Å². The van der Waals surface area contributed by atoms with Crippen LogP contribution in [-0.2, 0) is 23.9 Å². The Morgan fingerprint density at radius 2 is 1.96 bits per heavy atom. The van der Waals surface area contributed by atoms with E-state index in [2.05, 4.69) is 10.1 Å². The minimum atomic E-state index is -0.619. The Labute approximate surface area is 137 Å². The number of nitrogens with one attached hydrogen (secondary N) is 1. The van der Waals surface area contributed by atoms with Crippen LogP contribution < -0.4 is 5.32 Å². The number of hydrogen-bond donors (Lipinski definition) is 1. The number of nitrogens with zero attached hydrogens (tertiary/aromatic N) is 1. The minimum absolute atomic E-state index is 0.0282. The average Bonchev–Trinajstić information content (AvgIpc) is 2.75. The lowest BCUT2D eigenvalue weighted by molar-refractivity contribution is -0.166. The van der Waals surface area contributed by atoms with Gasteiger partial charge in [-0.1, -0.05) is 13.8 Å². The average molecular weight is 328 g/mol. The largest absolute Gasteiger partial charge is 0.468 e. The van der Waals surface area contributed by atoms with Gasteiger partial charge in [-0.15, -0.1) is 0 Å². The lowest BCUT2D eigenvalue weighted by atomic mass is 10.0. The van der Waals surface area contributed by atoms with E-state index in [1.807, 2.05) is 13.8 Å². The molecule has 0 aromatic carbocycles. The molecule has 1 N–H and O–H groups in total. The molecule has 0 unspecified atom stereocenters. The first-order valence-corrected chi connectivity index (χ1v) is 7.90. The van der Waals surface area contributed by atoms with Gasteiger partial charge in [0.05, 0.1) is 19.7 Å². The monoisotopic (exact) mass is 328 g/mol. The van der Waals surface area contributed by atoms with Crippen molar-refractivity contribution in [3.8, 4) is 0 Å². The Morgan fingerprint density at radius 3 is 2.43 bits per heavy atom. The summed E-state index contributed by atoms with van der Waals surface area (Å²) < 4.78 is 10.00. The summed E-state index contributed by atoms with van der Waals surface area (Å²) in [4.78, 5) is 37.7. The van der Waals surface area contributed by atoms with Crippen molar-refractivity contribution in [2.24, 2.45) is 5.92 Å². The van der Waals surface area contributed by atoms with Gasteiger partial charge in [-0.2, -0.15) is 0 Å². The van der Waals surface area contributed by atoms with Crippen LogP contribution in [0, 0.1) is 5.92 Å². The Kier molecular flexibility index (Phi) is 6.56. The van der Waals surface area contributed by atoms with Crippen LogP contribution in [0.5, 0.6) is 0 Å². The molecule has 2 atom stereocenters. The van der Waals surface area contributed by atoms with Gasteiger partial charge in [0, 0.05) is 6.54 Å². The zero-order valence-electron chi connectivity index (χ0n) is 14.8. The van der Waals surface area contributed by atoms with Gasteiger partial charge in [-0.05, 0) is 33.1 Å². The molecule has 1 amide bonds. The summed E-state index contributed by atoms with van der Waals surface area (Å²) in [6.07, 6.45) is 0.543. The van der Waals surface area contributed by atoms with Crippen LogP contribution in [0.2, 0.25) is 0 Å². The Morgan fingerprint density at radius 1 is 1.35 bits per heavy atom. The summed E-state index contributed by atoms with van der Waals surface area (Å²) in [5.41, 5.74) is -0.602. The smallest absolute Gasteiger partial charge is 0.329 e. The van der Waals surface area contributed by atoms with E-state index in [1.54, 1.807) is 25.7 Å². The number of amides is 1. The van der Waals surface area contributed by atoms with E-state index in [-0.39, 0.29) is 18.4 Å². The first-order valence-electron chi connectivity index (χ1n) is 7.90. The maximum Gasteiger partial charge on any atom is 0.329 e. The van der Waals surface area contributed by atoms with Gasteiger partial charge >= 0.3 is 11.9 Å². The molecule has 0 saturated carbocycles. The van der Waals surface area contributed by atoms with Gasteiger partial charge in [0.15, 0.2) is 0 Å². The molecule has 0 aromatic heterocycles. The third-order valence-electron chi connectivity index (χ3n) is 3.58. The predicted molar refractivity (Wildman–Crippen MR) is 84.6 cm³/mol. The number of ether oxygens (including phenoxy) is 2. The summed E-state index contributed by atoms with van der Waals surface area (Å²) in [5.74, 6) is -1.06. The van der Waals surface area contributed by atoms with Gasteiger partial charge in [0.25, 0.3) is 0 Å². The molecule has 0 aromatic rings. The number of carbonyl (C=O) groups excluding carboxylic acids is 3. The molecule has 7 nitrogen and oxygen atoms in total. The molecule has 132 valence electrons. The van der Waals surface area contributed by atoms with Crippen molar-refractivity contribution in [1.82, 2.24) is 10.2 Å². The zero-order chi connectivity index (χ0) is 17.8. The number of esters is 2. The molecule has 1 fully saturated rings. The lowest BCUT2D eigenvalue weighted by Gasteiger charge is -2.32. The molecule has 0 aliphatic carbocycles. The molecule has 0 radical (unpaired) electrons. The molecule has 0 spiro atoms. The van der Waals surface area contributed by atoms with Gasteiger partial charge in [0.2, 0.25) is 5.91 Å². The highest BCUT2D eigenvalue weighted by Crippen LogP contribution is 2.22. The normalized spacial score (nSPS) is 19.9. The van der Waals surface area contributed by atoms with Crippen molar-refractivity contribution in [2.45, 2.75) is 58.7 Å². The molecule has 1 rings (SSSR count). The van der Waals surface area contributed by atoms with E-state index >= 15 is 0 Å². The number of methoxy groups -OCH3 is 1. The van der Waals surface area contributed by atoms with E-state index in [9.17, 15) is 14.4 Å². The molecule has 0 bridgehead atoms. The van der Waals surface area contributed by atoms with E-state index in [0.29, 0.717) is 13.0 Å². The fourth-order valence-electron chi connectivity index (χ4n) is 2.57. The molecule has 1 heterocycles. The van der Waals surface area contributed by atoms with Crippen molar-refractivity contribution in [3.05, 3.63) is 0 Å². The standard InChI is InChI=1S/C16H28N2O5/c1-10(2)13(15(21)23-16(3,4)5)18-8-7-11(14(18)20)17-9-12(19)22-6/h10-11,13,17H,7-9H2,1-6H3/t11-,13-/m0/s1. The van der Waals surface area contributed by atoms with Crippen molar-refractivity contribution in [1.29, 1.82) is 0 Å². The highest BCUT2D eigenvalue weighted by molar-refractivity contribution is 5.90. The number of rotatable bonds is 6.